The zero-order chi connectivity index (χ0) is 22.6. The molecule has 4 rings (SSSR count). The van der Waals surface area contributed by atoms with E-state index in [1.165, 1.54) is 24.3 Å². The van der Waals surface area contributed by atoms with E-state index in [1.807, 2.05) is 13.8 Å². The second-order valence-corrected chi connectivity index (χ2v) is 8.61. The molecule has 1 aliphatic heterocycles. The fourth-order valence-electron chi connectivity index (χ4n) is 4.34. The Kier molecular flexibility index (Phi) is 4.91. The second-order valence-electron chi connectivity index (χ2n) is 8.61. The Morgan fingerprint density at radius 1 is 1.10 bits per heavy atom. The van der Waals surface area contributed by atoms with E-state index in [0.717, 1.165) is 12.1 Å². The number of carbonyl (C=O) groups is 2. The molecule has 0 radical (unpaired) electrons. The highest BCUT2D eigenvalue weighted by atomic mass is 19.4. The van der Waals surface area contributed by atoms with E-state index in [0.29, 0.717) is 17.0 Å². The number of Topliss-reactive ketones (excluding diaryl/α,β-unsaturated/α-hetero) is 1. The summed E-state index contributed by atoms with van der Waals surface area (Å²) < 4.78 is 55.1. The number of halogens is 4. The molecule has 1 heterocycles. The summed E-state index contributed by atoms with van der Waals surface area (Å²) in [4.78, 5) is 26.4. The normalized spacial score (nSPS) is 20.5. The van der Waals surface area contributed by atoms with E-state index < -0.39 is 29.4 Å². The van der Waals surface area contributed by atoms with Crippen molar-refractivity contribution in [3.63, 3.8) is 0 Å². The number of carbonyl (C=O) groups excluding carboxylic acids is 2. The van der Waals surface area contributed by atoms with E-state index in [4.69, 9.17) is 0 Å². The van der Waals surface area contributed by atoms with Crippen LogP contribution in [-0.2, 0) is 9.59 Å². The summed E-state index contributed by atoms with van der Waals surface area (Å²) in [7, 11) is 0. The lowest BCUT2D eigenvalue weighted by molar-refractivity contribution is -0.170. The number of ketones is 1. The van der Waals surface area contributed by atoms with Crippen LogP contribution in [0.15, 0.2) is 59.8 Å². The van der Waals surface area contributed by atoms with Gasteiger partial charge in [0.25, 0.3) is 0 Å². The summed E-state index contributed by atoms with van der Waals surface area (Å²) in [5.41, 5.74) is 0.417. The molecule has 1 aliphatic carbocycles. The molecule has 0 saturated carbocycles. The lowest BCUT2D eigenvalue weighted by Crippen LogP contribution is -2.45. The van der Waals surface area contributed by atoms with Crippen LogP contribution in [0.25, 0.3) is 0 Å². The third-order valence-electron chi connectivity index (χ3n) is 5.53. The van der Waals surface area contributed by atoms with E-state index in [2.05, 4.69) is 5.32 Å². The van der Waals surface area contributed by atoms with E-state index >= 15 is 0 Å². The van der Waals surface area contributed by atoms with Gasteiger partial charge in [-0.1, -0.05) is 38.1 Å². The number of nitrogens with zero attached hydrogens (tertiary/aromatic N) is 1. The lowest BCUT2D eigenvalue weighted by Gasteiger charge is -2.37. The van der Waals surface area contributed by atoms with Gasteiger partial charge in [-0.3, -0.25) is 14.5 Å². The first-order chi connectivity index (χ1) is 14.5. The average molecular weight is 432 g/mol. The summed E-state index contributed by atoms with van der Waals surface area (Å²) in [6.45, 7) is 3.78. The molecule has 0 aromatic heterocycles. The van der Waals surface area contributed by atoms with E-state index in [1.54, 1.807) is 12.1 Å². The van der Waals surface area contributed by atoms with Gasteiger partial charge in [0.05, 0.1) is 17.4 Å². The van der Waals surface area contributed by atoms with Crippen molar-refractivity contribution in [3.8, 4) is 0 Å². The number of rotatable bonds is 1. The molecule has 162 valence electrons. The first-order valence-electron chi connectivity index (χ1n) is 9.76. The molecule has 2 aromatic carbocycles. The minimum absolute atomic E-state index is 0.0286. The van der Waals surface area contributed by atoms with Crippen LogP contribution in [0.2, 0.25) is 0 Å². The Morgan fingerprint density at radius 2 is 1.81 bits per heavy atom. The zero-order valence-corrected chi connectivity index (χ0v) is 16.9. The lowest BCUT2D eigenvalue weighted by atomic mass is 9.73. The number of hydrogen-bond acceptors (Lipinski definition) is 3. The first kappa shape index (κ1) is 21.1. The number of anilines is 2. The van der Waals surface area contributed by atoms with Crippen molar-refractivity contribution in [2.24, 2.45) is 5.41 Å². The largest absolute Gasteiger partial charge is 0.471 e. The van der Waals surface area contributed by atoms with Gasteiger partial charge in [0.15, 0.2) is 5.78 Å². The Bertz CT molecular complexity index is 1100. The molecule has 0 unspecified atom stereocenters. The van der Waals surface area contributed by atoms with Crippen LogP contribution >= 0.6 is 0 Å². The highest BCUT2D eigenvalue weighted by Crippen LogP contribution is 2.49. The minimum atomic E-state index is -5.19. The molecule has 2 aromatic rings. The maximum Gasteiger partial charge on any atom is 0.471 e. The summed E-state index contributed by atoms with van der Waals surface area (Å²) in [5.74, 6) is -3.17. The molecule has 2 aliphatic rings. The summed E-state index contributed by atoms with van der Waals surface area (Å²) >= 11 is 0. The molecule has 0 spiro atoms. The van der Waals surface area contributed by atoms with Crippen LogP contribution < -0.4 is 10.2 Å². The van der Waals surface area contributed by atoms with Crippen molar-refractivity contribution in [2.75, 3.05) is 10.2 Å². The van der Waals surface area contributed by atoms with E-state index in [-0.39, 0.29) is 34.7 Å². The van der Waals surface area contributed by atoms with Crippen LogP contribution in [0.1, 0.15) is 38.3 Å². The van der Waals surface area contributed by atoms with Gasteiger partial charge in [-0.05, 0) is 41.7 Å². The van der Waals surface area contributed by atoms with Crippen molar-refractivity contribution in [1.29, 1.82) is 0 Å². The van der Waals surface area contributed by atoms with Gasteiger partial charge >= 0.3 is 12.1 Å². The van der Waals surface area contributed by atoms with Crippen molar-refractivity contribution in [2.45, 2.75) is 38.9 Å². The van der Waals surface area contributed by atoms with Crippen LogP contribution in [0, 0.1) is 11.2 Å². The Hall–Kier alpha value is -3.16. The molecular formula is C23H20F4N2O2. The standard InChI is InChI=1S/C23H20F4N2O2/c1-22(2)11-16-19(18(30)12-22)20(13-6-5-7-14(24)10-13)29(21(31)23(25,26)27)17-9-4-3-8-15(17)28-16/h3-10,20,28H,11-12H2,1-2H3/t20-/m1/s1. The summed E-state index contributed by atoms with van der Waals surface area (Å²) in [5, 5.41) is 3.10. The number of nitrogens with one attached hydrogen (secondary N) is 1. The molecule has 8 heteroatoms. The molecule has 1 atom stereocenters. The summed E-state index contributed by atoms with van der Waals surface area (Å²) in [6.07, 6.45) is -4.70. The van der Waals surface area contributed by atoms with Crippen LogP contribution in [-0.4, -0.2) is 17.9 Å². The molecule has 31 heavy (non-hydrogen) atoms. The van der Waals surface area contributed by atoms with Crippen LogP contribution in [0.5, 0.6) is 0 Å². The first-order valence-corrected chi connectivity index (χ1v) is 9.76. The molecule has 0 fully saturated rings. The minimum Gasteiger partial charge on any atom is -0.357 e. The predicted molar refractivity (Wildman–Crippen MR) is 108 cm³/mol. The van der Waals surface area contributed by atoms with Crippen LogP contribution in [0.4, 0.5) is 28.9 Å². The zero-order valence-electron chi connectivity index (χ0n) is 16.9. The molecule has 1 N–H and O–H groups in total. The number of para-hydroxylation sites is 2. The number of alkyl halides is 3. The Morgan fingerprint density at radius 3 is 2.48 bits per heavy atom. The van der Waals surface area contributed by atoms with Crippen molar-refractivity contribution in [1.82, 2.24) is 0 Å². The molecule has 0 bridgehead atoms. The maximum atomic E-state index is 14.1. The smallest absolute Gasteiger partial charge is 0.357 e. The predicted octanol–water partition coefficient (Wildman–Crippen LogP) is 5.53. The molecule has 0 saturated heterocycles. The van der Waals surface area contributed by atoms with Crippen molar-refractivity contribution < 1.29 is 27.2 Å². The number of amides is 1. The highest BCUT2D eigenvalue weighted by Gasteiger charge is 2.50. The topological polar surface area (TPSA) is 49.4 Å². The number of allylic oxidation sites excluding steroid dienone is 1. The fraction of sp³-hybridized carbons (Fsp3) is 0.304. The molecule has 4 nitrogen and oxygen atoms in total. The quantitative estimate of drug-likeness (QED) is 0.603. The SMILES string of the molecule is CC1(C)CC(=O)C2=C(C1)Nc1ccccc1N(C(=O)C(F)(F)F)[C@@H]2c1cccc(F)c1. The van der Waals surface area contributed by atoms with Gasteiger partial charge in [0.2, 0.25) is 0 Å². The second kappa shape index (κ2) is 7.21. The van der Waals surface area contributed by atoms with Gasteiger partial charge < -0.3 is 5.32 Å². The Labute approximate surface area is 176 Å². The van der Waals surface area contributed by atoms with Crippen molar-refractivity contribution >= 4 is 23.1 Å². The number of benzene rings is 2. The molecule has 1 amide bonds. The third-order valence-corrected chi connectivity index (χ3v) is 5.53. The van der Waals surface area contributed by atoms with Crippen LogP contribution in [0.3, 0.4) is 0 Å². The fourth-order valence-corrected chi connectivity index (χ4v) is 4.34. The monoisotopic (exact) mass is 432 g/mol. The average Bonchev–Trinajstić information content (AvgIpc) is 2.79. The van der Waals surface area contributed by atoms with Crippen molar-refractivity contribution in [3.05, 3.63) is 71.2 Å². The molecular weight excluding hydrogens is 412 g/mol. The highest BCUT2D eigenvalue weighted by molar-refractivity contribution is 6.07. The number of fused-ring (bicyclic) bond motifs is 1. The van der Waals surface area contributed by atoms with Gasteiger partial charge in [-0.2, -0.15) is 13.2 Å². The third kappa shape index (κ3) is 3.82. The Balaban J connectivity index is 2.05. The maximum absolute atomic E-state index is 14.1. The van der Waals surface area contributed by atoms with E-state index in [9.17, 15) is 27.2 Å². The van der Waals surface area contributed by atoms with Gasteiger partial charge in [0, 0.05) is 17.7 Å². The van der Waals surface area contributed by atoms with Gasteiger partial charge in [0.1, 0.15) is 5.82 Å². The van der Waals surface area contributed by atoms with Gasteiger partial charge in [-0.25, -0.2) is 4.39 Å². The number of hydrogen-bond donors (Lipinski definition) is 1. The van der Waals surface area contributed by atoms with Gasteiger partial charge in [-0.15, -0.1) is 0 Å². The summed E-state index contributed by atoms with van der Waals surface area (Å²) in [6, 6.07) is 9.65.